The number of halogens is 1. The molecule has 1 rings (SSSR count). The van der Waals surface area contributed by atoms with Crippen LogP contribution >= 0.6 is 11.6 Å². The Kier molecular flexibility index (Phi) is 2.77. The molecule has 0 spiro atoms. The first-order valence-corrected chi connectivity index (χ1v) is 4.10. The monoisotopic (exact) mass is 181 g/mol. The van der Waals surface area contributed by atoms with Crippen LogP contribution in [0.2, 0.25) is 5.02 Å². The maximum atomic E-state index is 10.9. The highest BCUT2D eigenvalue weighted by Gasteiger charge is 2.08. The molecule has 12 heavy (non-hydrogen) atoms. The number of rotatable bonds is 2. The Morgan fingerprint density at radius 3 is 2.33 bits per heavy atom. The number of hydrogen-bond donors (Lipinski definition) is 0. The van der Waals surface area contributed by atoms with E-state index in [9.17, 15) is 5.11 Å². The fourth-order valence-corrected chi connectivity index (χ4v) is 1.06. The second kappa shape index (κ2) is 3.63. The first-order chi connectivity index (χ1) is 5.61. The molecule has 1 atom stereocenters. The van der Waals surface area contributed by atoms with Crippen molar-refractivity contribution in [2.45, 2.75) is 12.8 Å². The van der Waals surface area contributed by atoms with Gasteiger partial charge in [-0.25, -0.2) is 0 Å². The van der Waals surface area contributed by atoms with Crippen molar-refractivity contribution in [3.8, 4) is 0 Å². The zero-order chi connectivity index (χ0) is 9.14. The summed E-state index contributed by atoms with van der Waals surface area (Å²) in [5.41, 5.74) is 0.958. The maximum absolute atomic E-state index is 10.9. The molecule has 0 aliphatic rings. The van der Waals surface area contributed by atoms with Crippen LogP contribution < -0.4 is 0 Å². The standard InChI is InChI=1S/C10H10ClO/c1-7(8(2)12)9-3-5-10(11)6-4-9/h3-7H,2H2,1H3. The van der Waals surface area contributed by atoms with Gasteiger partial charge in [0, 0.05) is 10.9 Å². The van der Waals surface area contributed by atoms with Gasteiger partial charge in [-0.2, -0.15) is 0 Å². The molecule has 1 nitrogen and oxygen atoms in total. The molecule has 0 saturated heterocycles. The van der Waals surface area contributed by atoms with Crippen LogP contribution in [0.5, 0.6) is 0 Å². The minimum Gasteiger partial charge on any atom is -0.295 e. The first kappa shape index (κ1) is 9.14. The van der Waals surface area contributed by atoms with E-state index >= 15 is 0 Å². The predicted octanol–water partition coefficient (Wildman–Crippen LogP) is 3.39. The smallest absolute Gasteiger partial charge is 0.155 e. The van der Waals surface area contributed by atoms with Gasteiger partial charge in [-0.05, 0) is 17.7 Å². The molecule has 0 aliphatic heterocycles. The summed E-state index contributed by atoms with van der Waals surface area (Å²) >= 11 is 5.70. The van der Waals surface area contributed by atoms with Crippen molar-refractivity contribution in [3.63, 3.8) is 0 Å². The van der Waals surface area contributed by atoms with E-state index in [1.165, 1.54) is 0 Å². The van der Waals surface area contributed by atoms with E-state index in [0.29, 0.717) is 5.02 Å². The SMILES string of the molecule is C=C([O])C(C)c1ccc(Cl)cc1. The Labute approximate surface area is 77.3 Å². The molecule has 0 aromatic heterocycles. The molecule has 0 amide bonds. The predicted molar refractivity (Wildman–Crippen MR) is 49.7 cm³/mol. The molecule has 0 N–H and O–H groups in total. The number of hydrogen-bond acceptors (Lipinski definition) is 0. The van der Waals surface area contributed by atoms with Gasteiger partial charge in [-0.3, -0.25) is 5.11 Å². The summed E-state index contributed by atoms with van der Waals surface area (Å²) in [6.07, 6.45) is 0. The lowest BCUT2D eigenvalue weighted by Gasteiger charge is -2.06. The minimum atomic E-state index is -0.137. The van der Waals surface area contributed by atoms with Crippen molar-refractivity contribution in [1.29, 1.82) is 0 Å². The molecule has 0 saturated carbocycles. The number of allylic oxidation sites excluding steroid dienone is 1. The third kappa shape index (κ3) is 2.02. The Hall–Kier alpha value is -0.950. The van der Waals surface area contributed by atoms with E-state index in [1.807, 2.05) is 19.1 Å². The van der Waals surface area contributed by atoms with E-state index in [-0.39, 0.29) is 11.7 Å². The molecule has 0 heterocycles. The molecular formula is C10H10ClO. The Bertz CT molecular complexity index is 276. The van der Waals surface area contributed by atoms with Crippen LogP contribution in [0.4, 0.5) is 0 Å². The maximum Gasteiger partial charge on any atom is 0.155 e. The van der Waals surface area contributed by atoms with Gasteiger partial charge >= 0.3 is 0 Å². The summed E-state index contributed by atoms with van der Waals surface area (Å²) in [5.74, 6) is -0.209. The lowest BCUT2D eigenvalue weighted by atomic mass is 10.0. The molecule has 0 fully saturated rings. The van der Waals surface area contributed by atoms with Crippen LogP contribution in [0.25, 0.3) is 0 Å². The minimum absolute atomic E-state index is 0.0719. The van der Waals surface area contributed by atoms with Crippen molar-refractivity contribution in [2.24, 2.45) is 0 Å². The molecule has 1 aromatic carbocycles. The quantitative estimate of drug-likeness (QED) is 0.624. The first-order valence-electron chi connectivity index (χ1n) is 3.72. The van der Waals surface area contributed by atoms with E-state index in [1.54, 1.807) is 12.1 Å². The zero-order valence-electron chi connectivity index (χ0n) is 6.88. The summed E-state index contributed by atoms with van der Waals surface area (Å²) < 4.78 is 0. The highest BCUT2D eigenvalue weighted by atomic mass is 35.5. The summed E-state index contributed by atoms with van der Waals surface area (Å²) in [4.78, 5) is 0. The lowest BCUT2D eigenvalue weighted by molar-refractivity contribution is 0.273. The van der Waals surface area contributed by atoms with E-state index in [4.69, 9.17) is 11.6 Å². The van der Waals surface area contributed by atoms with E-state index in [2.05, 4.69) is 6.58 Å². The van der Waals surface area contributed by atoms with E-state index < -0.39 is 0 Å². The molecule has 2 heteroatoms. The third-order valence-corrected chi connectivity index (χ3v) is 2.10. The van der Waals surface area contributed by atoms with Gasteiger partial charge in [0.05, 0.1) is 0 Å². The van der Waals surface area contributed by atoms with Crippen molar-refractivity contribution >= 4 is 11.6 Å². The van der Waals surface area contributed by atoms with Crippen LogP contribution in [-0.4, -0.2) is 0 Å². The molecule has 63 valence electrons. The molecule has 1 radical (unpaired) electrons. The van der Waals surface area contributed by atoms with Gasteiger partial charge in [0.25, 0.3) is 0 Å². The average Bonchev–Trinajstić information content (AvgIpc) is 2.04. The lowest BCUT2D eigenvalue weighted by Crippen LogP contribution is -1.93. The van der Waals surface area contributed by atoms with Gasteiger partial charge in [0.15, 0.2) is 5.76 Å². The second-order valence-corrected chi connectivity index (χ2v) is 3.18. The fourth-order valence-electron chi connectivity index (χ4n) is 0.937. The Morgan fingerprint density at radius 1 is 1.42 bits per heavy atom. The fraction of sp³-hybridized carbons (Fsp3) is 0.200. The topological polar surface area (TPSA) is 19.9 Å². The third-order valence-electron chi connectivity index (χ3n) is 1.85. The van der Waals surface area contributed by atoms with Gasteiger partial charge in [-0.15, -0.1) is 0 Å². The highest BCUT2D eigenvalue weighted by molar-refractivity contribution is 6.30. The Morgan fingerprint density at radius 2 is 1.92 bits per heavy atom. The molecule has 1 unspecified atom stereocenters. The summed E-state index contributed by atoms with van der Waals surface area (Å²) in [7, 11) is 0. The van der Waals surface area contributed by atoms with Crippen molar-refractivity contribution in [3.05, 3.63) is 47.2 Å². The molecule has 0 bridgehead atoms. The van der Waals surface area contributed by atoms with Crippen LogP contribution in [0.1, 0.15) is 18.4 Å². The van der Waals surface area contributed by atoms with Crippen molar-refractivity contribution < 1.29 is 5.11 Å². The van der Waals surface area contributed by atoms with Crippen molar-refractivity contribution in [1.82, 2.24) is 0 Å². The van der Waals surface area contributed by atoms with Crippen LogP contribution in [0.15, 0.2) is 36.6 Å². The van der Waals surface area contributed by atoms with Crippen LogP contribution in [0.3, 0.4) is 0 Å². The molecule has 1 aromatic rings. The zero-order valence-corrected chi connectivity index (χ0v) is 7.64. The van der Waals surface area contributed by atoms with E-state index in [0.717, 1.165) is 5.56 Å². The summed E-state index contributed by atoms with van der Waals surface area (Å²) in [6, 6.07) is 7.23. The average molecular weight is 182 g/mol. The number of benzene rings is 1. The van der Waals surface area contributed by atoms with Gasteiger partial charge < -0.3 is 0 Å². The summed E-state index contributed by atoms with van der Waals surface area (Å²) in [5, 5.41) is 11.6. The molecule has 0 aliphatic carbocycles. The second-order valence-electron chi connectivity index (χ2n) is 2.74. The van der Waals surface area contributed by atoms with Gasteiger partial charge in [0.1, 0.15) is 0 Å². The summed E-state index contributed by atoms with van der Waals surface area (Å²) in [6.45, 7) is 5.20. The van der Waals surface area contributed by atoms with Gasteiger partial charge in [-0.1, -0.05) is 37.2 Å². The van der Waals surface area contributed by atoms with Crippen LogP contribution in [0, 0.1) is 0 Å². The normalized spacial score (nSPS) is 12.5. The highest BCUT2D eigenvalue weighted by Crippen LogP contribution is 2.22. The molecular weight excluding hydrogens is 172 g/mol. The van der Waals surface area contributed by atoms with Crippen molar-refractivity contribution in [2.75, 3.05) is 0 Å². The van der Waals surface area contributed by atoms with Crippen LogP contribution in [-0.2, 0) is 5.11 Å². The van der Waals surface area contributed by atoms with Gasteiger partial charge in [0.2, 0.25) is 0 Å². The largest absolute Gasteiger partial charge is 0.295 e. The Balaban J connectivity index is 2.89.